The maximum atomic E-state index is 5.80. The lowest BCUT2D eigenvalue weighted by Gasteiger charge is -2.12. The molecule has 3 rings (SSSR count). The number of nitrogens with one attached hydrogen (secondary N) is 1. The highest BCUT2D eigenvalue weighted by Crippen LogP contribution is 2.33. The molecule has 0 bridgehead atoms. The maximum Gasteiger partial charge on any atom is 0.165 e. The Labute approximate surface area is 117 Å². The fourth-order valence-electron chi connectivity index (χ4n) is 2.13. The summed E-state index contributed by atoms with van der Waals surface area (Å²) in [5.41, 5.74) is 2.49. The molecule has 0 aliphatic carbocycles. The van der Waals surface area contributed by atoms with Gasteiger partial charge in [-0.25, -0.2) is 0 Å². The summed E-state index contributed by atoms with van der Waals surface area (Å²) in [7, 11) is 0. The van der Waals surface area contributed by atoms with E-state index in [0.29, 0.717) is 0 Å². The van der Waals surface area contributed by atoms with E-state index in [1.54, 1.807) is 11.3 Å². The maximum absolute atomic E-state index is 5.80. The van der Waals surface area contributed by atoms with Crippen LogP contribution < -0.4 is 14.8 Å². The lowest BCUT2D eigenvalue weighted by atomic mass is 10.2. The average molecular weight is 275 g/mol. The van der Waals surface area contributed by atoms with Crippen LogP contribution >= 0.6 is 11.3 Å². The summed E-state index contributed by atoms with van der Waals surface area (Å²) < 4.78 is 11.5. The molecule has 0 saturated carbocycles. The molecule has 2 aromatic rings. The van der Waals surface area contributed by atoms with Crippen LogP contribution in [0, 0.1) is 0 Å². The highest BCUT2D eigenvalue weighted by molar-refractivity contribution is 7.07. The minimum atomic E-state index is 0.731. The summed E-state index contributed by atoms with van der Waals surface area (Å²) >= 11 is 1.73. The van der Waals surface area contributed by atoms with Crippen molar-refractivity contribution in [2.45, 2.75) is 19.5 Å². The first-order valence-electron chi connectivity index (χ1n) is 6.53. The van der Waals surface area contributed by atoms with E-state index in [0.717, 1.165) is 49.8 Å². The zero-order chi connectivity index (χ0) is 12.9. The van der Waals surface area contributed by atoms with E-state index >= 15 is 0 Å². The molecule has 1 N–H and O–H groups in total. The fraction of sp³-hybridized carbons (Fsp3) is 0.333. The number of para-hydroxylation sites is 1. The van der Waals surface area contributed by atoms with E-state index in [-0.39, 0.29) is 0 Å². The van der Waals surface area contributed by atoms with E-state index in [2.05, 4.69) is 28.2 Å². The van der Waals surface area contributed by atoms with Crippen molar-refractivity contribution in [3.05, 3.63) is 46.2 Å². The van der Waals surface area contributed by atoms with Crippen molar-refractivity contribution in [3.63, 3.8) is 0 Å². The molecule has 3 nitrogen and oxygen atoms in total. The summed E-state index contributed by atoms with van der Waals surface area (Å²) in [5.74, 6) is 1.77. The second kappa shape index (κ2) is 6.08. The number of ether oxygens (including phenoxy) is 2. The molecular formula is C15H17NO2S. The topological polar surface area (TPSA) is 30.5 Å². The summed E-state index contributed by atoms with van der Waals surface area (Å²) in [6, 6.07) is 8.23. The first-order valence-corrected chi connectivity index (χ1v) is 7.47. The first kappa shape index (κ1) is 12.5. The van der Waals surface area contributed by atoms with Crippen molar-refractivity contribution in [3.8, 4) is 11.5 Å². The molecule has 0 spiro atoms. The number of rotatable bonds is 4. The van der Waals surface area contributed by atoms with Crippen LogP contribution in [-0.4, -0.2) is 13.2 Å². The standard InChI is InChI=1S/C15H17NO2S/c1-3-13(10-16-9-12-5-8-19-11-12)15-14(4-1)17-6-2-7-18-15/h1,3-5,8,11,16H,2,6-7,9-10H2. The van der Waals surface area contributed by atoms with Gasteiger partial charge >= 0.3 is 0 Å². The predicted molar refractivity (Wildman–Crippen MR) is 76.9 cm³/mol. The molecule has 1 aliphatic heterocycles. The lowest BCUT2D eigenvalue weighted by Crippen LogP contribution is -2.13. The Morgan fingerprint density at radius 1 is 1.11 bits per heavy atom. The number of hydrogen-bond donors (Lipinski definition) is 1. The van der Waals surface area contributed by atoms with Gasteiger partial charge in [-0.05, 0) is 28.5 Å². The van der Waals surface area contributed by atoms with Gasteiger partial charge in [-0.1, -0.05) is 12.1 Å². The van der Waals surface area contributed by atoms with Crippen LogP contribution in [0.3, 0.4) is 0 Å². The first-order chi connectivity index (χ1) is 9.43. The van der Waals surface area contributed by atoms with E-state index < -0.39 is 0 Å². The van der Waals surface area contributed by atoms with Crippen LogP contribution in [0.4, 0.5) is 0 Å². The van der Waals surface area contributed by atoms with Crippen LogP contribution in [0.15, 0.2) is 35.0 Å². The normalized spacial score (nSPS) is 14.1. The van der Waals surface area contributed by atoms with Gasteiger partial charge in [-0.15, -0.1) is 0 Å². The minimum absolute atomic E-state index is 0.731. The van der Waals surface area contributed by atoms with Gasteiger partial charge in [0.05, 0.1) is 13.2 Å². The van der Waals surface area contributed by atoms with Crippen LogP contribution in [0.25, 0.3) is 0 Å². The number of thiophene rings is 1. The lowest BCUT2D eigenvalue weighted by molar-refractivity contribution is 0.296. The number of fused-ring (bicyclic) bond motifs is 1. The molecule has 100 valence electrons. The second-order valence-corrected chi connectivity index (χ2v) is 5.31. The molecule has 1 aromatic carbocycles. The molecule has 0 atom stereocenters. The van der Waals surface area contributed by atoms with Gasteiger partial charge in [-0.3, -0.25) is 0 Å². The van der Waals surface area contributed by atoms with Gasteiger partial charge in [-0.2, -0.15) is 11.3 Å². The van der Waals surface area contributed by atoms with E-state index in [9.17, 15) is 0 Å². The van der Waals surface area contributed by atoms with E-state index in [4.69, 9.17) is 9.47 Å². The Morgan fingerprint density at radius 3 is 2.95 bits per heavy atom. The molecule has 1 aromatic heterocycles. The zero-order valence-corrected chi connectivity index (χ0v) is 11.5. The zero-order valence-electron chi connectivity index (χ0n) is 10.7. The van der Waals surface area contributed by atoms with Crippen molar-refractivity contribution in [1.29, 1.82) is 0 Å². The summed E-state index contributed by atoms with van der Waals surface area (Å²) in [5, 5.41) is 7.71. The Bertz CT molecular complexity index is 525. The van der Waals surface area contributed by atoms with Crippen molar-refractivity contribution >= 4 is 11.3 Å². The SMILES string of the molecule is c1cc(CNCc2ccsc2)c2c(c1)OCCCO2. The van der Waals surface area contributed by atoms with Gasteiger partial charge in [0.25, 0.3) is 0 Å². The van der Waals surface area contributed by atoms with Crippen LogP contribution in [0.5, 0.6) is 11.5 Å². The van der Waals surface area contributed by atoms with Crippen LogP contribution in [0.2, 0.25) is 0 Å². The average Bonchev–Trinajstić information content (AvgIpc) is 2.82. The molecule has 0 fully saturated rings. The predicted octanol–water partition coefficient (Wildman–Crippen LogP) is 3.20. The van der Waals surface area contributed by atoms with Gasteiger partial charge in [0, 0.05) is 25.1 Å². The summed E-state index contributed by atoms with van der Waals surface area (Å²) in [6.45, 7) is 3.14. The Balaban J connectivity index is 1.67. The molecule has 19 heavy (non-hydrogen) atoms. The third-order valence-corrected chi connectivity index (χ3v) is 3.81. The molecule has 0 amide bonds. The van der Waals surface area contributed by atoms with Crippen molar-refractivity contribution < 1.29 is 9.47 Å². The fourth-order valence-corrected chi connectivity index (χ4v) is 2.80. The third kappa shape index (κ3) is 3.08. The van der Waals surface area contributed by atoms with E-state index in [1.807, 2.05) is 12.1 Å². The molecule has 0 radical (unpaired) electrons. The Hall–Kier alpha value is -1.52. The van der Waals surface area contributed by atoms with Crippen molar-refractivity contribution in [2.75, 3.05) is 13.2 Å². The molecule has 0 unspecified atom stereocenters. The minimum Gasteiger partial charge on any atom is -0.490 e. The molecular weight excluding hydrogens is 258 g/mol. The van der Waals surface area contributed by atoms with Gasteiger partial charge in [0.1, 0.15) is 0 Å². The molecule has 2 heterocycles. The monoisotopic (exact) mass is 275 g/mol. The van der Waals surface area contributed by atoms with Crippen LogP contribution in [-0.2, 0) is 13.1 Å². The van der Waals surface area contributed by atoms with E-state index in [1.165, 1.54) is 5.56 Å². The number of hydrogen-bond acceptors (Lipinski definition) is 4. The summed E-state index contributed by atoms with van der Waals surface area (Å²) in [4.78, 5) is 0. The smallest absolute Gasteiger partial charge is 0.165 e. The summed E-state index contributed by atoms with van der Waals surface area (Å²) in [6.07, 6.45) is 0.941. The largest absolute Gasteiger partial charge is 0.490 e. The molecule has 1 aliphatic rings. The highest BCUT2D eigenvalue weighted by Gasteiger charge is 2.13. The van der Waals surface area contributed by atoms with Crippen molar-refractivity contribution in [1.82, 2.24) is 5.32 Å². The van der Waals surface area contributed by atoms with Gasteiger partial charge < -0.3 is 14.8 Å². The quantitative estimate of drug-likeness (QED) is 0.929. The Morgan fingerprint density at radius 2 is 2.05 bits per heavy atom. The van der Waals surface area contributed by atoms with Gasteiger partial charge in [0.15, 0.2) is 11.5 Å². The van der Waals surface area contributed by atoms with Crippen molar-refractivity contribution in [2.24, 2.45) is 0 Å². The molecule has 4 heteroatoms. The number of benzene rings is 1. The highest BCUT2D eigenvalue weighted by atomic mass is 32.1. The second-order valence-electron chi connectivity index (χ2n) is 4.53. The molecule has 0 saturated heterocycles. The van der Waals surface area contributed by atoms with Gasteiger partial charge in [0.2, 0.25) is 0 Å². The Kier molecular flexibility index (Phi) is 4.01. The third-order valence-electron chi connectivity index (χ3n) is 3.08. The van der Waals surface area contributed by atoms with Crippen LogP contribution in [0.1, 0.15) is 17.5 Å².